The van der Waals surface area contributed by atoms with Crippen molar-refractivity contribution in [3.05, 3.63) is 29.6 Å². The minimum absolute atomic E-state index is 0.00649. The molecule has 0 aromatic heterocycles. The van der Waals surface area contributed by atoms with Crippen LogP contribution >= 0.6 is 0 Å². The molecule has 1 fully saturated rings. The van der Waals surface area contributed by atoms with Gasteiger partial charge in [-0.3, -0.25) is 9.59 Å². The molecule has 0 spiro atoms. The molecule has 8 heteroatoms. The summed E-state index contributed by atoms with van der Waals surface area (Å²) in [5.41, 5.74) is 0.113. The number of nitrogens with zero attached hydrogens (tertiary/aromatic N) is 1. The summed E-state index contributed by atoms with van der Waals surface area (Å²) in [7, 11) is 1.31. The summed E-state index contributed by atoms with van der Waals surface area (Å²) in [6.07, 6.45) is 1.96. The van der Waals surface area contributed by atoms with Crippen LogP contribution in [0.2, 0.25) is 0 Å². The molecular formula is C20H27FN2O5. The summed E-state index contributed by atoms with van der Waals surface area (Å²) < 4.78 is 18.8. The number of ether oxygens (including phenoxy) is 1. The van der Waals surface area contributed by atoms with Gasteiger partial charge in [-0.05, 0) is 37.0 Å². The molecule has 1 aromatic carbocycles. The first-order chi connectivity index (χ1) is 13.3. The Morgan fingerprint density at radius 3 is 2.68 bits per heavy atom. The topological polar surface area (TPSA) is 95.9 Å². The van der Waals surface area contributed by atoms with Crippen molar-refractivity contribution >= 4 is 17.8 Å². The van der Waals surface area contributed by atoms with E-state index >= 15 is 0 Å². The number of likely N-dealkylation sites (tertiary alicyclic amines) is 1. The van der Waals surface area contributed by atoms with Gasteiger partial charge in [0.25, 0.3) is 0 Å². The van der Waals surface area contributed by atoms with Gasteiger partial charge in [-0.15, -0.1) is 0 Å². The lowest BCUT2D eigenvalue weighted by molar-refractivity contribution is -0.144. The normalized spacial score (nSPS) is 18.9. The van der Waals surface area contributed by atoms with Gasteiger partial charge in [0.05, 0.1) is 13.0 Å². The zero-order valence-corrected chi connectivity index (χ0v) is 16.4. The molecule has 1 aliphatic heterocycles. The molecule has 1 aliphatic rings. The predicted octanol–water partition coefficient (Wildman–Crippen LogP) is 2.36. The number of amides is 2. The monoisotopic (exact) mass is 394 g/mol. The van der Waals surface area contributed by atoms with Crippen LogP contribution in [0.3, 0.4) is 0 Å². The second kappa shape index (κ2) is 9.52. The lowest BCUT2D eigenvalue weighted by Crippen LogP contribution is -2.48. The number of carboxylic acid groups (broad SMARTS) is 1. The second-order valence-electron chi connectivity index (χ2n) is 7.11. The SMILES string of the molecule is CCC(C)C(=O)N1CCCC(C(=O)NC(C(=O)O)c2ccc(OC)c(F)c2)C1. The Morgan fingerprint density at radius 2 is 2.11 bits per heavy atom. The number of rotatable bonds is 7. The zero-order chi connectivity index (χ0) is 20.8. The summed E-state index contributed by atoms with van der Waals surface area (Å²) in [6, 6.07) is 2.38. The molecule has 7 nitrogen and oxygen atoms in total. The highest BCUT2D eigenvalue weighted by Crippen LogP contribution is 2.24. The number of carbonyl (C=O) groups is 3. The third kappa shape index (κ3) is 4.99. The van der Waals surface area contributed by atoms with Crippen LogP contribution in [0.15, 0.2) is 18.2 Å². The van der Waals surface area contributed by atoms with Crippen LogP contribution in [0.25, 0.3) is 0 Å². The Balaban J connectivity index is 2.10. The molecule has 3 atom stereocenters. The Labute approximate surface area is 163 Å². The number of carboxylic acids is 1. The van der Waals surface area contributed by atoms with Crippen molar-refractivity contribution in [2.24, 2.45) is 11.8 Å². The standard InChI is InChI=1S/C20H27FN2O5/c1-4-12(2)19(25)23-9-5-6-14(11-23)18(24)22-17(20(26)27)13-7-8-16(28-3)15(21)10-13/h7-8,10,12,14,17H,4-6,9,11H2,1-3H3,(H,22,24)(H,26,27). The van der Waals surface area contributed by atoms with Gasteiger partial charge in [-0.1, -0.05) is 19.9 Å². The molecule has 0 bridgehead atoms. The predicted molar refractivity (Wildman–Crippen MR) is 100 cm³/mol. The summed E-state index contributed by atoms with van der Waals surface area (Å²) in [4.78, 5) is 38.4. The van der Waals surface area contributed by atoms with E-state index < -0.39 is 29.7 Å². The van der Waals surface area contributed by atoms with Gasteiger partial charge >= 0.3 is 5.97 Å². The van der Waals surface area contributed by atoms with E-state index in [0.29, 0.717) is 19.4 Å². The van der Waals surface area contributed by atoms with E-state index in [-0.39, 0.29) is 29.7 Å². The summed E-state index contributed by atoms with van der Waals surface area (Å²) >= 11 is 0. The highest BCUT2D eigenvalue weighted by atomic mass is 19.1. The fourth-order valence-corrected chi connectivity index (χ4v) is 3.29. The van der Waals surface area contributed by atoms with Crippen molar-refractivity contribution in [1.29, 1.82) is 0 Å². The molecule has 1 saturated heterocycles. The van der Waals surface area contributed by atoms with Crippen LogP contribution in [-0.2, 0) is 14.4 Å². The van der Waals surface area contributed by atoms with Crippen molar-refractivity contribution in [3.8, 4) is 5.75 Å². The Kier molecular flexibility index (Phi) is 7.37. The van der Waals surface area contributed by atoms with Crippen LogP contribution in [0, 0.1) is 17.7 Å². The highest BCUT2D eigenvalue weighted by Gasteiger charge is 2.32. The molecule has 2 N–H and O–H groups in total. The molecule has 2 rings (SSSR count). The summed E-state index contributed by atoms with van der Waals surface area (Å²) in [5, 5.41) is 12.0. The molecule has 0 radical (unpaired) electrons. The first-order valence-electron chi connectivity index (χ1n) is 9.43. The Morgan fingerprint density at radius 1 is 1.39 bits per heavy atom. The third-order valence-electron chi connectivity index (χ3n) is 5.18. The maximum Gasteiger partial charge on any atom is 0.330 e. The largest absolute Gasteiger partial charge is 0.494 e. The lowest BCUT2D eigenvalue weighted by Gasteiger charge is -2.34. The third-order valence-corrected chi connectivity index (χ3v) is 5.18. The zero-order valence-electron chi connectivity index (χ0n) is 16.4. The van der Waals surface area contributed by atoms with Gasteiger partial charge < -0.3 is 20.1 Å². The molecule has 2 amide bonds. The lowest BCUT2D eigenvalue weighted by atomic mass is 9.94. The molecular weight excluding hydrogens is 367 g/mol. The molecule has 28 heavy (non-hydrogen) atoms. The molecule has 1 aromatic rings. The van der Waals surface area contributed by atoms with E-state index in [1.165, 1.54) is 19.2 Å². The van der Waals surface area contributed by atoms with Gasteiger partial charge in [0.15, 0.2) is 17.6 Å². The van der Waals surface area contributed by atoms with Gasteiger partial charge in [-0.25, -0.2) is 9.18 Å². The van der Waals surface area contributed by atoms with Gasteiger partial charge in [0.2, 0.25) is 11.8 Å². The maximum absolute atomic E-state index is 13.9. The summed E-state index contributed by atoms with van der Waals surface area (Å²) in [6.45, 7) is 4.64. The maximum atomic E-state index is 13.9. The minimum atomic E-state index is -1.38. The first kappa shape index (κ1) is 21.7. The number of methoxy groups -OCH3 is 1. The van der Waals surface area contributed by atoms with Gasteiger partial charge in [-0.2, -0.15) is 0 Å². The van der Waals surface area contributed by atoms with E-state index in [2.05, 4.69) is 5.32 Å². The average molecular weight is 394 g/mol. The summed E-state index contributed by atoms with van der Waals surface area (Å²) in [5.74, 6) is -3.06. The van der Waals surface area contributed by atoms with Crippen LogP contribution in [0.1, 0.15) is 44.7 Å². The van der Waals surface area contributed by atoms with E-state index in [1.54, 1.807) is 4.90 Å². The molecule has 3 unspecified atom stereocenters. The smallest absolute Gasteiger partial charge is 0.330 e. The van der Waals surface area contributed by atoms with E-state index in [0.717, 1.165) is 12.5 Å². The van der Waals surface area contributed by atoms with Crippen molar-refractivity contribution in [3.63, 3.8) is 0 Å². The average Bonchev–Trinajstić information content (AvgIpc) is 2.70. The number of aliphatic carboxylic acids is 1. The van der Waals surface area contributed by atoms with E-state index in [1.807, 2.05) is 13.8 Å². The number of hydrogen-bond donors (Lipinski definition) is 2. The van der Waals surface area contributed by atoms with Crippen molar-refractivity contribution in [2.45, 2.75) is 39.2 Å². The number of benzene rings is 1. The van der Waals surface area contributed by atoms with Crippen LogP contribution in [-0.4, -0.2) is 48.0 Å². The fourth-order valence-electron chi connectivity index (χ4n) is 3.29. The second-order valence-corrected chi connectivity index (χ2v) is 7.11. The Bertz CT molecular complexity index is 739. The molecule has 0 aliphatic carbocycles. The van der Waals surface area contributed by atoms with Crippen LogP contribution in [0.5, 0.6) is 5.75 Å². The van der Waals surface area contributed by atoms with Crippen LogP contribution in [0.4, 0.5) is 4.39 Å². The van der Waals surface area contributed by atoms with E-state index in [9.17, 15) is 23.9 Å². The van der Waals surface area contributed by atoms with Gasteiger partial charge in [0.1, 0.15) is 0 Å². The Hall–Kier alpha value is -2.64. The van der Waals surface area contributed by atoms with Crippen molar-refractivity contribution in [2.75, 3.05) is 20.2 Å². The molecule has 1 heterocycles. The van der Waals surface area contributed by atoms with Crippen LogP contribution < -0.4 is 10.1 Å². The first-order valence-corrected chi connectivity index (χ1v) is 9.43. The van der Waals surface area contributed by atoms with Gasteiger partial charge in [0, 0.05) is 19.0 Å². The minimum Gasteiger partial charge on any atom is -0.494 e. The van der Waals surface area contributed by atoms with E-state index in [4.69, 9.17) is 4.74 Å². The molecule has 0 saturated carbocycles. The van der Waals surface area contributed by atoms with Crippen molar-refractivity contribution < 1.29 is 28.6 Å². The number of nitrogens with one attached hydrogen (secondary N) is 1. The number of carbonyl (C=O) groups excluding carboxylic acids is 2. The fraction of sp³-hybridized carbons (Fsp3) is 0.550. The number of hydrogen-bond acceptors (Lipinski definition) is 4. The quantitative estimate of drug-likeness (QED) is 0.740. The highest BCUT2D eigenvalue weighted by molar-refractivity contribution is 5.87. The number of piperidine rings is 1. The number of halogens is 1. The molecule has 154 valence electrons. The van der Waals surface area contributed by atoms with Crippen molar-refractivity contribution in [1.82, 2.24) is 10.2 Å².